The van der Waals surface area contributed by atoms with Crippen molar-refractivity contribution < 1.29 is 22.6 Å². The van der Waals surface area contributed by atoms with Crippen LogP contribution < -0.4 is 15.2 Å². The summed E-state index contributed by atoms with van der Waals surface area (Å²) < 4.78 is 51.5. The number of nitro benzene ring substituents is 1. The summed E-state index contributed by atoms with van der Waals surface area (Å²) in [6, 6.07) is 1.87. The second-order valence-corrected chi connectivity index (χ2v) is 2.93. The lowest BCUT2D eigenvalue weighted by atomic mass is 10.1. The molecule has 0 radical (unpaired) electrons. The van der Waals surface area contributed by atoms with E-state index in [0.717, 1.165) is 12.1 Å². The van der Waals surface area contributed by atoms with E-state index in [4.69, 9.17) is 18.7 Å². The summed E-state index contributed by atoms with van der Waals surface area (Å²) >= 11 is 0. The topological polar surface area (TPSA) is 87.6 Å². The van der Waals surface area contributed by atoms with Gasteiger partial charge in [-0.1, -0.05) is 0 Å². The largest absolute Gasteiger partial charge is 0.496 e. The fraction of sp³-hybridized carbons (Fsp3) is 0.400. The molecule has 6 nitrogen and oxygen atoms in total. The van der Waals surface area contributed by atoms with Crippen LogP contribution in [0, 0.1) is 10.1 Å². The van der Waals surface area contributed by atoms with Crippen LogP contribution in [0.25, 0.3) is 0 Å². The average molecular weight is 232 g/mol. The highest BCUT2D eigenvalue weighted by Gasteiger charge is 2.18. The Bertz CT molecular complexity index is 558. The van der Waals surface area contributed by atoms with E-state index < -0.39 is 30.4 Å². The van der Waals surface area contributed by atoms with Gasteiger partial charge in [-0.2, -0.15) is 0 Å². The SMILES string of the molecule is [2H]C([2H])([2H])Oc1cc([N+](=O)[O-])c(OC([2H])([2H])[2H])cc1CCN. The molecule has 88 valence electrons. The van der Waals surface area contributed by atoms with Crippen molar-refractivity contribution in [3.8, 4) is 11.5 Å². The van der Waals surface area contributed by atoms with Crippen LogP contribution in [0.3, 0.4) is 0 Å². The molecule has 1 aromatic rings. The zero-order valence-corrected chi connectivity index (χ0v) is 8.23. The maximum absolute atomic E-state index is 11.0. The molecule has 0 bridgehead atoms. The summed E-state index contributed by atoms with van der Waals surface area (Å²) in [4.78, 5) is 10.1. The number of benzene rings is 1. The van der Waals surface area contributed by atoms with Gasteiger partial charge >= 0.3 is 5.69 Å². The number of ether oxygens (including phenoxy) is 2. The highest BCUT2D eigenvalue weighted by Crippen LogP contribution is 2.34. The Morgan fingerprint density at radius 3 is 2.69 bits per heavy atom. The van der Waals surface area contributed by atoms with Crippen LogP contribution in [0.1, 0.15) is 13.8 Å². The van der Waals surface area contributed by atoms with E-state index in [9.17, 15) is 10.1 Å². The molecule has 0 aromatic heterocycles. The summed E-state index contributed by atoms with van der Waals surface area (Å²) in [5, 5.41) is 11.0. The third kappa shape index (κ3) is 2.40. The molecule has 2 N–H and O–H groups in total. The van der Waals surface area contributed by atoms with Crippen molar-refractivity contribution in [1.29, 1.82) is 0 Å². The maximum atomic E-state index is 11.0. The Hall–Kier alpha value is -1.82. The highest BCUT2D eigenvalue weighted by molar-refractivity contribution is 5.55. The summed E-state index contributed by atoms with van der Waals surface area (Å²) in [7, 11) is -5.71. The molecule has 0 heterocycles. The highest BCUT2D eigenvalue weighted by atomic mass is 16.6. The quantitative estimate of drug-likeness (QED) is 0.607. The van der Waals surface area contributed by atoms with Crippen molar-refractivity contribution in [3.05, 3.63) is 27.8 Å². The number of rotatable bonds is 5. The van der Waals surface area contributed by atoms with E-state index in [1.807, 2.05) is 0 Å². The van der Waals surface area contributed by atoms with Gasteiger partial charge in [0.1, 0.15) is 5.75 Å². The van der Waals surface area contributed by atoms with E-state index in [2.05, 4.69) is 4.74 Å². The third-order valence-electron chi connectivity index (χ3n) is 1.97. The zero-order chi connectivity index (χ0) is 17.1. The molecule has 6 heteroatoms. The van der Waals surface area contributed by atoms with Crippen molar-refractivity contribution >= 4 is 5.69 Å². The van der Waals surface area contributed by atoms with E-state index in [1.54, 1.807) is 0 Å². The average Bonchev–Trinajstić information content (AvgIpc) is 2.28. The van der Waals surface area contributed by atoms with Gasteiger partial charge in [0.2, 0.25) is 0 Å². The van der Waals surface area contributed by atoms with Crippen LogP contribution in [0.5, 0.6) is 11.5 Å². The smallest absolute Gasteiger partial charge is 0.314 e. The van der Waals surface area contributed by atoms with Crippen LogP contribution in [0.15, 0.2) is 12.1 Å². The molecule has 16 heavy (non-hydrogen) atoms. The summed E-state index contributed by atoms with van der Waals surface area (Å²) in [6.07, 6.45) is 0.126. The Morgan fingerprint density at radius 1 is 1.44 bits per heavy atom. The molecule has 0 saturated carbocycles. The van der Waals surface area contributed by atoms with Crippen LogP contribution in [-0.2, 0) is 6.42 Å². The van der Waals surface area contributed by atoms with Crippen molar-refractivity contribution in [2.24, 2.45) is 5.73 Å². The Labute approximate surface area is 102 Å². The Kier molecular flexibility index (Phi) is 2.01. The van der Waals surface area contributed by atoms with Gasteiger partial charge in [-0.25, -0.2) is 0 Å². The van der Waals surface area contributed by atoms with Crippen LogP contribution in [0.4, 0.5) is 5.69 Å². The van der Waals surface area contributed by atoms with E-state index in [1.165, 1.54) is 0 Å². The monoisotopic (exact) mass is 232 g/mol. The van der Waals surface area contributed by atoms with Crippen molar-refractivity contribution in [2.75, 3.05) is 20.6 Å². The molecule has 0 unspecified atom stereocenters. The van der Waals surface area contributed by atoms with Gasteiger partial charge in [0.05, 0.1) is 33.3 Å². The number of nitro groups is 1. The Balaban J connectivity index is 3.40. The first-order valence-corrected chi connectivity index (χ1v) is 4.32. The standard InChI is InChI=1S/C10H14N2O4/c1-15-9-6-8(12(13)14)10(16-2)5-7(9)3-4-11/h5-6H,3-4,11H2,1-2H3/i1D3,2D3. The predicted octanol–water partition coefficient (Wildman–Crippen LogP) is 1.11. The Morgan fingerprint density at radius 2 is 2.12 bits per heavy atom. The van der Waals surface area contributed by atoms with E-state index in [-0.39, 0.29) is 24.3 Å². The van der Waals surface area contributed by atoms with Crippen LogP contribution >= 0.6 is 0 Å². The first-order valence-electron chi connectivity index (χ1n) is 7.32. The second kappa shape index (κ2) is 5.32. The van der Waals surface area contributed by atoms with Crippen molar-refractivity contribution in [3.63, 3.8) is 0 Å². The molecule has 0 aliphatic heterocycles. The molecule has 0 atom stereocenters. The second-order valence-electron chi connectivity index (χ2n) is 2.93. The van der Waals surface area contributed by atoms with Gasteiger partial charge in [-0.05, 0) is 24.6 Å². The number of hydrogen-bond acceptors (Lipinski definition) is 5. The minimum absolute atomic E-state index is 0.0996. The van der Waals surface area contributed by atoms with Gasteiger partial charge in [0.15, 0.2) is 5.75 Å². The van der Waals surface area contributed by atoms with Gasteiger partial charge < -0.3 is 15.2 Å². The summed E-state index contributed by atoms with van der Waals surface area (Å²) in [6.45, 7) is 0.0996. The fourth-order valence-corrected chi connectivity index (χ4v) is 1.26. The molecular weight excluding hydrogens is 212 g/mol. The molecule has 1 rings (SSSR count). The van der Waals surface area contributed by atoms with Gasteiger partial charge in [0, 0.05) is 0 Å². The zero-order valence-electron chi connectivity index (χ0n) is 14.2. The summed E-state index contributed by atoms with van der Waals surface area (Å²) in [5.41, 5.74) is 4.87. The lowest BCUT2D eigenvalue weighted by Gasteiger charge is -2.10. The van der Waals surface area contributed by atoms with Crippen molar-refractivity contribution in [2.45, 2.75) is 6.42 Å². The lowest BCUT2D eigenvalue weighted by Crippen LogP contribution is -2.05. The first-order chi connectivity index (χ1) is 9.93. The lowest BCUT2D eigenvalue weighted by molar-refractivity contribution is -0.385. The molecule has 0 fully saturated rings. The fourth-order valence-electron chi connectivity index (χ4n) is 1.26. The number of nitrogens with two attached hydrogens (primary N) is 1. The minimum atomic E-state index is -2.89. The summed E-state index contributed by atoms with van der Waals surface area (Å²) in [5.74, 6) is -0.776. The van der Waals surface area contributed by atoms with Crippen LogP contribution in [0.2, 0.25) is 0 Å². The minimum Gasteiger partial charge on any atom is -0.496 e. The number of hydrogen-bond donors (Lipinski definition) is 1. The molecule has 0 spiro atoms. The molecule has 1 aromatic carbocycles. The molecule has 0 aliphatic rings. The van der Waals surface area contributed by atoms with Gasteiger partial charge in [0.25, 0.3) is 0 Å². The van der Waals surface area contributed by atoms with E-state index >= 15 is 0 Å². The van der Waals surface area contributed by atoms with Crippen molar-refractivity contribution in [1.82, 2.24) is 0 Å². The van der Waals surface area contributed by atoms with Gasteiger partial charge in [-0.15, -0.1) is 0 Å². The normalized spacial score (nSPS) is 17.1. The number of methoxy groups -OCH3 is 2. The first kappa shape index (κ1) is 6.05. The third-order valence-corrected chi connectivity index (χ3v) is 1.97. The maximum Gasteiger partial charge on any atom is 0.314 e. The predicted molar refractivity (Wildman–Crippen MR) is 59.0 cm³/mol. The molecule has 0 saturated heterocycles. The molecule has 0 aliphatic carbocycles. The van der Waals surface area contributed by atoms with E-state index in [0.29, 0.717) is 0 Å². The van der Waals surface area contributed by atoms with Gasteiger partial charge in [-0.3, -0.25) is 10.1 Å². The molecular formula is C10H14N2O4. The number of nitrogens with zero attached hydrogens (tertiary/aromatic N) is 1. The molecule has 0 amide bonds. The van der Waals surface area contributed by atoms with Crippen LogP contribution in [-0.4, -0.2) is 25.5 Å².